The fourth-order valence-corrected chi connectivity index (χ4v) is 2.94. The Labute approximate surface area is 173 Å². The Bertz CT molecular complexity index is 538. The number of morpholine rings is 1. The first-order valence-corrected chi connectivity index (χ1v) is 9.34. The third kappa shape index (κ3) is 7.75. The highest BCUT2D eigenvalue weighted by Crippen LogP contribution is 2.23. The summed E-state index contributed by atoms with van der Waals surface area (Å²) in [7, 11) is 0. The van der Waals surface area contributed by atoms with Gasteiger partial charge >= 0.3 is 0 Å². The van der Waals surface area contributed by atoms with E-state index in [1.165, 1.54) is 6.07 Å². The van der Waals surface area contributed by atoms with Gasteiger partial charge in [0.05, 0.1) is 25.8 Å². The number of hydrogen-bond donors (Lipinski definition) is 2. The van der Waals surface area contributed by atoms with E-state index in [-0.39, 0.29) is 35.8 Å². The standard InChI is InChI=1S/C19H31FN4O.HI/c1-3-5-9-22-19(21-4-2)23-15-18(24-10-12-25-13-11-24)16-7-6-8-17(20)14-16;/h6-8,14,18H,3-5,9-13,15H2,1-2H3,(H2,21,22,23);1H. The van der Waals surface area contributed by atoms with Gasteiger partial charge in [-0.2, -0.15) is 0 Å². The van der Waals surface area contributed by atoms with Crippen molar-refractivity contribution in [3.8, 4) is 0 Å². The van der Waals surface area contributed by atoms with E-state index in [9.17, 15) is 4.39 Å². The zero-order valence-corrected chi connectivity index (χ0v) is 18.2. The molecule has 148 valence electrons. The molecule has 1 aromatic carbocycles. The van der Waals surface area contributed by atoms with E-state index in [1.54, 1.807) is 12.1 Å². The lowest BCUT2D eigenvalue weighted by Crippen LogP contribution is -2.42. The lowest BCUT2D eigenvalue weighted by molar-refractivity contribution is 0.0179. The number of ether oxygens (including phenoxy) is 1. The largest absolute Gasteiger partial charge is 0.379 e. The van der Waals surface area contributed by atoms with Gasteiger partial charge in [0, 0.05) is 26.2 Å². The number of nitrogens with zero attached hydrogens (tertiary/aromatic N) is 2. The average molecular weight is 478 g/mol. The molecule has 0 saturated carbocycles. The number of nitrogens with one attached hydrogen (secondary N) is 2. The Hall–Kier alpha value is -0.930. The van der Waals surface area contributed by atoms with Gasteiger partial charge in [0.25, 0.3) is 0 Å². The van der Waals surface area contributed by atoms with Crippen molar-refractivity contribution in [2.45, 2.75) is 32.7 Å². The van der Waals surface area contributed by atoms with Gasteiger partial charge in [-0.05, 0) is 31.0 Å². The number of hydrogen-bond acceptors (Lipinski definition) is 3. The van der Waals surface area contributed by atoms with Crippen LogP contribution in [0.2, 0.25) is 0 Å². The van der Waals surface area contributed by atoms with Gasteiger partial charge in [0.15, 0.2) is 5.96 Å². The van der Waals surface area contributed by atoms with Crippen LogP contribution >= 0.6 is 24.0 Å². The molecule has 2 rings (SSSR count). The predicted octanol–water partition coefficient (Wildman–Crippen LogP) is 3.17. The minimum absolute atomic E-state index is 0. The third-order valence-corrected chi connectivity index (χ3v) is 4.31. The van der Waals surface area contributed by atoms with Crippen molar-refractivity contribution in [3.63, 3.8) is 0 Å². The van der Waals surface area contributed by atoms with Crippen molar-refractivity contribution < 1.29 is 9.13 Å². The summed E-state index contributed by atoms with van der Waals surface area (Å²) in [5.41, 5.74) is 0.968. The Balaban J connectivity index is 0.00000338. The first kappa shape index (κ1) is 23.1. The number of halogens is 2. The Morgan fingerprint density at radius 1 is 1.27 bits per heavy atom. The molecule has 1 aliphatic heterocycles. The molecule has 26 heavy (non-hydrogen) atoms. The topological polar surface area (TPSA) is 48.9 Å². The molecule has 0 bridgehead atoms. The SMILES string of the molecule is CCCCNC(=NCC(c1cccc(F)c1)N1CCOCC1)NCC.I. The van der Waals surface area contributed by atoms with Crippen LogP contribution in [-0.2, 0) is 4.74 Å². The summed E-state index contributed by atoms with van der Waals surface area (Å²) in [5, 5.41) is 6.65. The van der Waals surface area contributed by atoms with Gasteiger partial charge < -0.3 is 15.4 Å². The first-order chi connectivity index (χ1) is 12.2. The molecule has 0 aliphatic carbocycles. The van der Waals surface area contributed by atoms with Crippen molar-refractivity contribution in [1.29, 1.82) is 0 Å². The van der Waals surface area contributed by atoms with E-state index in [2.05, 4.69) is 29.4 Å². The van der Waals surface area contributed by atoms with Gasteiger partial charge in [-0.3, -0.25) is 9.89 Å². The minimum atomic E-state index is -0.201. The maximum absolute atomic E-state index is 13.7. The van der Waals surface area contributed by atoms with Gasteiger partial charge in [0.1, 0.15) is 5.82 Å². The molecule has 1 aromatic rings. The summed E-state index contributed by atoms with van der Waals surface area (Å²) in [6.45, 7) is 9.66. The van der Waals surface area contributed by atoms with E-state index in [0.717, 1.165) is 50.5 Å². The van der Waals surface area contributed by atoms with Crippen molar-refractivity contribution in [2.75, 3.05) is 45.9 Å². The Kier molecular flexibility index (Phi) is 11.8. The molecule has 2 N–H and O–H groups in total. The molecule has 0 amide bonds. The number of benzene rings is 1. The average Bonchev–Trinajstić information content (AvgIpc) is 2.63. The minimum Gasteiger partial charge on any atom is -0.379 e. The van der Waals surface area contributed by atoms with Gasteiger partial charge in [-0.25, -0.2) is 4.39 Å². The quantitative estimate of drug-likeness (QED) is 0.261. The lowest BCUT2D eigenvalue weighted by atomic mass is 10.0. The smallest absolute Gasteiger partial charge is 0.191 e. The molecule has 0 aromatic heterocycles. The molecular weight excluding hydrogens is 446 g/mol. The van der Waals surface area contributed by atoms with Crippen molar-refractivity contribution in [1.82, 2.24) is 15.5 Å². The van der Waals surface area contributed by atoms with Crippen LogP contribution in [0.15, 0.2) is 29.3 Å². The highest BCUT2D eigenvalue weighted by molar-refractivity contribution is 14.0. The number of rotatable bonds is 8. The summed E-state index contributed by atoms with van der Waals surface area (Å²) in [6, 6.07) is 6.91. The molecule has 0 radical (unpaired) electrons. The van der Waals surface area contributed by atoms with Crippen LogP contribution < -0.4 is 10.6 Å². The van der Waals surface area contributed by atoms with Crippen LogP contribution in [0.25, 0.3) is 0 Å². The van der Waals surface area contributed by atoms with Crippen LogP contribution in [0.3, 0.4) is 0 Å². The molecule has 1 unspecified atom stereocenters. The van der Waals surface area contributed by atoms with Crippen LogP contribution in [0, 0.1) is 5.82 Å². The van der Waals surface area contributed by atoms with Crippen LogP contribution in [0.5, 0.6) is 0 Å². The summed E-state index contributed by atoms with van der Waals surface area (Å²) >= 11 is 0. The van der Waals surface area contributed by atoms with Gasteiger partial charge in [0.2, 0.25) is 0 Å². The summed E-state index contributed by atoms with van der Waals surface area (Å²) in [4.78, 5) is 7.09. The molecule has 7 heteroatoms. The maximum atomic E-state index is 13.7. The van der Waals surface area contributed by atoms with Crippen LogP contribution in [0.1, 0.15) is 38.3 Å². The van der Waals surface area contributed by atoms with Crippen LogP contribution in [0.4, 0.5) is 4.39 Å². The van der Waals surface area contributed by atoms with E-state index in [0.29, 0.717) is 19.8 Å². The molecular formula is C19H32FIN4O. The normalized spacial score (nSPS) is 16.7. The second-order valence-electron chi connectivity index (χ2n) is 6.22. The summed E-state index contributed by atoms with van der Waals surface area (Å²) < 4.78 is 19.2. The molecule has 5 nitrogen and oxygen atoms in total. The number of guanidine groups is 1. The second-order valence-corrected chi connectivity index (χ2v) is 6.22. The predicted molar refractivity (Wildman–Crippen MR) is 116 cm³/mol. The molecule has 1 aliphatic rings. The Morgan fingerprint density at radius 3 is 2.69 bits per heavy atom. The molecule has 1 saturated heterocycles. The first-order valence-electron chi connectivity index (χ1n) is 9.34. The second kappa shape index (κ2) is 13.3. The fourth-order valence-electron chi connectivity index (χ4n) is 2.94. The molecule has 0 spiro atoms. The number of aliphatic imine (C=N–C) groups is 1. The van der Waals surface area contributed by atoms with E-state index in [4.69, 9.17) is 9.73 Å². The summed E-state index contributed by atoms with van der Waals surface area (Å²) in [6.07, 6.45) is 2.26. The fraction of sp³-hybridized carbons (Fsp3) is 0.632. The zero-order chi connectivity index (χ0) is 17.9. The monoisotopic (exact) mass is 478 g/mol. The molecule has 1 heterocycles. The van der Waals surface area contributed by atoms with Crippen LogP contribution in [-0.4, -0.2) is 56.8 Å². The van der Waals surface area contributed by atoms with Gasteiger partial charge in [-0.15, -0.1) is 24.0 Å². The summed E-state index contributed by atoms with van der Waals surface area (Å²) in [5.74, 6) is 0.623. The van der Waals surface area contributed by atoms with E-state index < -0.39 is 0 Å². The zero-order valence-electron chi connectivity index (χ0n) is 15.8. The highest BCUT2D eigenvalue weighted by atomic mass is 127. The van der Waals surface area contributed by atoms with Crippen molar-refractivity contribution in [3.05, 3.63) is 35.6 Å². The van der Waals surface area contributed by atoms with Crippen molar-refractivity contribution in [2.24, 2.45) is 4.99 Å². The molecule has 1 atom stereocenters. The van der Waals surface area contributed by atoms with Gasteiger partial charge in [-0.1, -0.05) is 25.5 Å². The third-order valence-electron chi connectivity index (χ3n) is 4.31. The number of unbranched alkanes of at least 4 members (excludes halogenated alkanes) is 1. The lowest BCUT2D eigenvalue weighted by Gasteiger charge is -2.34. The van der Waals surface area contributed by atoms with E-state index in [1.807, 2.05) is 6.07 Å². The Morgan fingerprint density at radius 2 is 2.04 bits per heavy atom. The van der Waals surface area contributed by atoms with E-state index >= 15 is 0 Å². The highest BCUT2D eigenvalue weighted by Gasteiger charge is 2.23. The van der Waals surface area contributed by atoms with Crippen molar-refractivity contribution >= 4 is 29.9 Å². The molecule has 1 fully saturated rings. The maximum Gasteiger partial charge on any atom is 0.191 e.